The largest absolute Gasteiger partial charge is 0.418 e. The minimum absolute atomic E-state index is 0.0574. The Morgan fingerprint density at radius 1 is 1.27 bits per heavy atom. The quantitative estimate of drug-likeness (QED) is 0.617. The number of halogens is 3. The first-order valence-electron chi connectivity index (χ1n) is 7.17. The lowest BCUT2D eigenvalue weighted by Crippen LogP contribution is -2.28. The van der Waals surface area contributed by atoms with Crippen molar-refractivity contribution in [2.24, 2.45) is 11.0 Å². The first kappa shape index (κ1) is 16.7. The standard InChI is InChI=1S/C15H18F3N3S/c1-10-6-2-4-8-12(10)20-21-14(22)19-13-9-5-3-7-11(13)15(16,17)18/h3,5,7,9-10H,2,4,6,8H2,1H3,(H2,19,21,22). The lowest BCUT2D eigenvalue weighted by atomic mass is 9.89. The third-order valence-corrected chi connectivity index (χ3v) is 3.86. The van der Waals surface area contributed by atoms with Gasteiger partial charge in [-0.05, 0) is 49.5 Å². The fraction of sp³-hybridized carbons (Fsp3) is 0.467. The molecule has 1 aromatic carbocycles. The first-order valence-corrected chi connectivity index (χ1v) is 7.58. The molecule has 0 heterocycles. The van der Waals surface area contributed by atoms with Gasteiger partial charge in [-0.25, -0.2) is 0 Å². The first-order chi connectivity index (χ1) is 10.4. The molecule has 0 bridgehead atoms. The number of nitrogens with one attached hydrogen (secondary N) is 2. The highest BCUT2D eigenvalue weighted by molar-refractivity contribution is 7.80. The second kappa shape index (κ2) is 7.09. The van der Waals surface area contributed by atoms with E-state index < -0.39 is 11.7 Å². The summed E-state index contributed by atoms with van der Waals surface area (Å²) in [6.07, 6.45) is -0.180. The number of alkyl halides is 3. The molecule has 1 saturated carbocycles. The van der Waals surface area contributed by atoms with Crippen molar-refractivity contribution in [1.29, 1.82) is 0 Å². The summed E-state index contributed by atoms with van der Waals surface area (Å²) in [5.74, 6) is 0.381. The van der Waals surface area contributed by atoms with Crippen LogP contribution in [0.25, 0.3) is 0 Å². The van der Waals surface area contributed by atoms with Gasteiger partial charge in [-0.15, -0.1) is 0 Å². The molecule has 2 rings (SSSR count). The van der Waals surface area contributed by atoms with Crippen molar-refractivity contribution in [1.82, 2.24) is 5.43 Å². The van der Waals surface area contributed by atoms with Crippen LogP contribution in [0.5, 0.6) is 0 Å². The second-order valence-electron chi connectivity index (χ2n) is 5.36. The summed E-state index contributed by atoms with van der Waals surface area (Å²) in [4.78, 5) is 0. The Morgan fingerprint density at radius 3 is 2.68 bits per heavy atom. The molecular weight excluding hydrogens is 311 g/mol. The van der Waals surface area contributed by atoms with Gasteiger partial charge in [0.1, 0.15) is 0 Å². The predicted octanol–water partition coefficient (Wildman–Crippen LogP) is 4.56. The number of hydrogen-bond acceptors (Lipinski definition) is 2. The number of benzene rings is 1. The smallest absolute Gasteiger partial charge is 0.331 e. The van der Waals surface area contributed by atoms with Crippen molar-refractivity contribution < 1.29 is 13.2 Å². The molecule has 0 saturated heterocycles. The number of hydrogen-bond donors (Lipinski definition) is 2. The molecular formula is C15H18F3N3S. The maximum Gasteiger partial charge on any atom is 0.418 e. The molecule has 1 atom stereocenters. The van der Waals surface area contributed by atoms with Crippen molar-refractivity contribution in [2.75, 3.05) is 5.32 Å². The van der Waals surface area contributed by atoms with Gasteiger partial charge in [0.2, 0.25) is 0 Å². The topological polar surface area (TPSA) is 36.4 Å². The number of para-hydroxylation sites is 1. The van der Waals surface area contributed by atoms with Gasteiger partial charge < -0.3 is 5.32 Å². The van der Waals surface area contributed by atoms with Crippen LogP contribution >= 0.6 is 12.2 Å². The summed E-state index contributed by atoms with van der Waals surface area (Å²) in [7, 11) is 0. The van der Waals surface area contributed by atoms with Gasteiger partial charge in [0.05, 0.1) is 11.3 Å². The molecule has 0 spiro atoms. The minimum atomic E-state index is -4.43. The number of anilines is 1. The van der Waals surface area contributed by atoms with E-state index in [1.807, 2.05) is 0 Å². The summed E-state index contributed by atoms with van der Waals surface area (Å²) < 4.78 is 38.7. The Bertz CT molecular complexity index is 569. The summed E-state index contributed by atoms with van der Waals surface area (Å²) in [5, 5.41) is 6.86. The van der Waals surface area contributed by atoms with Crippen molar-refractivity contribution in [2.45, 2.75) is 38.8 Å². The molecule has 7 heteroatoms. The molecule has 120 valence electrons. The number of rotatable bonds is 2. The third-order valence-electron chi connectivity index (χ3n) is 3.67. The Balaban J connectivity index is 2.02. The summed E-state index contributed by atoms with van der Waals surface area (Å²) in [6.45, 7) is 2.09. The highest BCUT2D eigenvalue weighted by Gasteiger charge is 2.33. The average Bonchev–Trinajstić information content (AvgIpc) is 2.46. The van der Waals surface area contributed by atoms with Crippen molar-refractivity contribution in [3.8, 4) is 0 Å². The molecule has 0 aliphatic heterocycles. The molecule has 0 radical (unpaired) electrons. The molecule has 2 N–H and O–H groups in total. The van der Waals surface area contributed by atoms with E-state index in [4.69, 9.17) is 12.2 Å². The van der Waals surface area contributed by atoms with Gasteiger partial charge >= 0.3 is 6.18 Å². The summed E-state index contributed by atoms with van der Waals surface area (Å²) in [6, 6.07) is 5.22. The van der Waals surface area contributed by atoms with Crippen LogP contribution in [0.2, 0.25) is 0 Å². The number of thiocarbonyl (C=S) groups is 1. The fourth-order valence-corrected chi connectivity index (χ4v) is 2.60. The van der Waals surface area contributed by atoms with Gasteiger partial charge in [0.15, 0.2) is 5.11 Å². The van der Waals surface area contributed by atoms with Gasteiger partial charge in [-0.3, -0.25) is 5.43 Å². The fourth-order valence-electron chi connectivity index (χ4n) is 2.45. The van der Waals surface area contributed by atoms with E-state index in [2.05, 4.69) is 22.8 Å². The Hall–Kier alpha value is -1.63. The van der Waals surface area contributed by atoms with E-state index in [1.54, 1.807) is 0 Å². The lowest BCUT2D eigenvalue weighted by molar-refractivity contribution is -0.136. The van der Waals surface area contributed by atoms with E-state index >= 15 is 0 Å². The predicted molar refractivity (Wildman–Crippen MR) is 85.9 cm³/mol. The Kier molecular flexibility index (Phi) is 5.39. The molecule has 1 unspecified atom stereocenters. The van der Waals surface area contributed by atoms with E-state index in [1.165, 1.54) is 24.6 Å². The molecule has 0 aromatic heterocycles. The normalized spacial score (nSPS) is 20.7. The van der Waals surface area contributed by atoms with Crippen molar-refractivity contribution in [3.05, 3.63) is 29.8 Å². The van der Waals surface area contributed by atoms with Crippen molar-refractivity contribution in [3.63, 3.8) is 0 Å². The monoisotopic (exact) mass is 329 g/mol. The van der Waals surface area contributed by atoms with Gasteiger partial charge in [-0.1, -0.05) is 25.5 Å². The lowest BCUT2D eigenvalue weighted by Gasteiger charge is -2.20. The molecule has 1 aromatic rings. The highest BCUT2D eigenvalue weighted by Crippen LogP contribution is 2.34. The minimum Gasteiger partial charge on any atom is -0.331 e. The second-order valence-corrected chi connectivity index (χ2v) is 5.77. The van der Waals surface area contributed by atoms with Crippen LogP contribution in [0, 0.1) is 5.92 Å². The van der Waals surface area contributed by atoms with E-state index in [-0.39, 0.29) is 10.8 Å². The van der Waals surface area contributed by atoms with E-state index in [0.717, 1.165) is 31.0 Å². The molecule has 0 amide bonds. The molecule has 1 fully saturated rings. The maximum atomic E-state index is 12.9. The van der Waals surface area contributed by atoms with Gasteiger partial charge in [0, 0.05) is 5.71 Å². The van der Waals surface area contributed by atoms with Crippen molar-refractivity contribution >= 4 is 28.7 Å². The van der Waals surface area contributed by atoms with E-state index in [9.17, 15) is 13.2 Å². The van der Waals surface area contributed by atoms with Gasteiger partial charge in [-0.2, -0.15) is 18.3 Å². The summed E-state index contributed by atoms with van der Waals surface area (Å²) in [5.41, 5.74) is 2.83. The van der Waals surface area contributed by atoms with E-state index in [0.29, 0.717) is 5.92 Å². The van der Waals surface area contributed by atoms with Crippen LogP contribution in [-0.2, 0) is 6.18 Å². The number of hydrazone groups is 1. The van der Waals surface area contributed by atoms with Crippen LogP contribution in [-0.4, -0.2) is 10.8 Å². The Morgan fingerprint density at radius 2 is 2.00 bits per heavy atom. The zero-order valence-corrected chi connectivity index (χ0v) is 13.0. The average molecular weight is 329 g/mol. The molecule has 1 aliphatic carbocycles. The zero-order chi connectivity index (χ0) is 16.2. The van der Waals surface area contributed by atoms with Crippen LogP contribution in [0.4, 0.5) is 18.9 Å². The zero-order valence-electron chi connectivity index (χ0n) is 12.2. The molecule has 22 heavy (non-hydrogen) atoms. The van der Waals surface area contributed by atoms with Gasteiger partial charge in [0.25, 0.3) is 0 Å². The van der Waals surface area contributed by atoms with Crippen LogP contribution < -0.4 is 10.7 Å². The third kappa shape index (κ3) is 4.43. The number of nitrogens with zero attached hydrogens (tertiary/aromatic N) is 1. The molecule has 1 aliphatic rings. The molecule has 3 nitrogen and oxygen atoms in total. The van der Waals surface area contributed by atoms with Crippen LogP contribution in [0.15, 0.2) is 29.4 Å². The SMILES string of the molecule is CC1CCCCC1=NNC(=S)Nc1ccccc1C(F)(F)F. The van der Waals surface area contributed by atoms with Crippen LogP contribution in [0.1, 0.15) is 38.2 Å². The maximum absolute atomic E-state index is 12.9. The highest BCUT2D eigenvalue weighted by atomic mass is 32.1. The summed E-state index contributed by atoms with van der Waals surface area (Å²) >= 11 is 5.03. The Labute approximate surface area is 133 Å². The van der Waals surface area contributed by atoms with Crippen LogP contribution in [0.3, 0.4) is 0 Å².